The van der Waals surface area contributed by atoms with Crippen molar-refractivity contribution in [2.45, 2.75) is 18.9 Å². The topological polar surface area (TPSA) is 86.7 Å². The molecule has 88 valence electrons. The van der Waals surface area contributed by atoms with Crippen LogP contribution in [-0.4, -0.2) is 47.4 Å². The molecule has 0 radical (unpaired) electrons. The Kier molecular flexibility index (Phi) is 4.04. The van der Waals surface area contributed by atoms with E-state index in [-0.39, 0.29) is 18.5 Å². The average molecular weight is 226 g/mol. The Balaban J connectivity index is 2.32. The van der Waals surface area contributed by atoms with Crippen molar-refractivity contribution in [2.24, 2.45) is 0 Å². The van der Waals surface area contributed by atoms with E-state index in [2.05, 4.69) is 5.32 Å². The third kappa shape index (κ3) is 4.59. The fourth-order valence-corrected chi connectivity index (χ4v) is 1.06. The number of hydrogen-bond donors (Lipinski definition) is 2. The smallest absolute Gasteiger partial charge is 0.328 e. The molecule has 0 bridgehead atoms. The summed E-state index contributed by atoms with van der Waals surface area (Å²) in [5.41, 5.74) is 0. The number of carboxylic acid groups (broad SMARTS) is 1. The van der Waals surface area contributed by atoms with Gasteiger partial charge >= 0.3 is 5.97 Å². The lowest BCUT2D eigenvalue weighted by Crippen LogP contribution is -2.38. The number of carbonyl (C=O) groups is 3. The predicted molar refractivity (Wildman–Crippen MR) is 55.6 cm³/mol. The lowest BCUT2D eigenvalue weighted by molar-refractivity contribution is -0.132. The molecule has 2 N–H and O–H groups in total. The zero-order valence-electron chi connectivity index (χ0n) is 8.97. The first-order valence-corrected chi connectivity index (χ1v) is 4.94. The second-order valence-corrected chi connectivity index (χ2v) is 3.71. The van der Waals surface area contributed by atoms with E-state index in [1.807, 2.05) is 0 Å². The molecule has 0 spiro atoms. The van der Waals surface area contributed by atoms with E-state index in [1.165, 1.54) is 7.05 Å². The SMILES string of the molecule is CN(CC(=O)NC1CC1)C(=O)/C=C/C(=O)O. The summed E-state index contributed by atoms with van der Waals surface area (Å²) in [5.74, 6) is -1.92. The van der Waals surface area contributed by atoms with Crippen LogP contribution < -0.4 is 5.32 Å². The highest BCUT2D eigenvalue weighted by molar-refractivity contribution is 5.95. The maximum absolute atomic E-state index is 11.3. The van der Waals surface area contributed by atoms with E-state index in [0.717, 1.165) is 29.9 Å². The second-order valence-electron chi connectivity index (χ2n) is 3.71. The number of carboxylic acids is 1. The summed E-state index contributed by atoms with van der Waals surface area (Å²) in [6, 6.07) is 0.255. The maximum Gasteiger partial charge on any atom is 0.328 e. The summed E-state index contributed by atoms with van der Waals surface area (Å²) in [5, 5.41) is 11.0. The first-order chi connectivity index (χ1) is 7.49. The van der Waals surface area contributed by atoms with Gasteiger partial charge in [-0.25, -0.2) is 4.79 Å². The molecule has 0 heterocycles. The van der Waals surface area contributed by atoms with Crippen LogP contribution in [0.25, 0.3) is 0 Å². The van der Waals surface area contributed by atoms with E-state index in [4.69, 9.17) is 5.11 Å². The minimum atomic E-state index is -1.19. The van der Waals surface area contributed by atoms with Gasteiger partial charge in [0, 0.05) is 25.2 Å². The largest absolute Gasteiger partial charge is 0.478 e. The molecular weight excluding hydrogens is 212 g/mol. The zero-order chi connectivity index (χ0) is 12.1. The van der Waals surface area contributed by atoms with Gasteiger partial charge in [-0.05, 0) is 12.8 Å². The monoisotopic (exact) mass is 226 g/mol. The Morgan fingerprint density at radius 2 is 2.00 bits per heavy atom. The summed E-state index contributed by atoms with van der Waals surface area (Å²) >= 11 is 0. The van der Waals surface area contributed by atoms with Crippen LogP contribution in [0.5, 0.6) is 0 Å². The number of amides is 2. The normalized spacial score (nSPS) is 14.8. The van der Waals surface area contributed by atoms with Gasteiger partial charge in [0.25, 0.3) is 0 Å². The van der Waals surface area contributed by atoms with Crippen LogP contribution in [-0.2, 0) is 14.4 Å². The fraction of sp³-hybridized carbons (Fsp3) is 0.500. The Labute approximate surface area is 92.9 Å². The van der Waals surface area contributed by atoms with Gasteiger partial charge < -0.3 is 15.3 Å². The molecule has 1 aliphatic carbocycles. The van der Waals surface area contributed by atoms with Crippen LogP contribution in [0.2, 0.25) is 0 Å². The third-order valence-corrected chi connectivity index (χ3v) is 2.07. The quantitative estimate of drug-likeness (QED) is 0.611. The van der Waals surface area contributed by atoms with E-state index < -0.39 is 11.9 Å². The summed E-state index contributed by atoms with van der Waals surface area (Å²) < 4.78 is 0. The number of likely N-dealkylation sites (N-methyl/N-ethyl adjacent to an activating group) is 1. The molecule has 6 heteroatoms. The molecule has 1 aliphatic rings. The number of nitrogens with zero attached hydrogens (tertiary/aromatic N) is 1. The molecule has 0 aromatic heterocycles. The highest BCUT2D eigenvalue weighted by Gasteiger charge is 2.23. The molecule has 6 nitrogen and oxygen atoms in total. The van der Waals surface area contributed by atoms with Crippen LogP contribution >= 0.6 is 0 Å². The van der Waals surface area contributed by atoms with Gasteiger partial charge in [-0.1, -0.05) is 0 Å². The van der Waals surface area contributed by atoms with Crippen molar-refractivity contribution >= 4 is 17.8 Å². The number of hydrogen-bond acceptors (Lipinski definition) is 3. The molecule has 1 saturated carbocycles. The van der Waals surface area contributed by atoms with E-state index in [1.54, 1.807) is 0 Å². The maximum atomic E-state index is 11.3. The van der Waals surface area contributed by atoms with Crippen molar-refractivity contribution in [1.82, 2.24) is 10.2 Å². The molecule has 0 aliphatic heterocycles. The molecule has 1 rings (SSSR count). The Morgan fingerprint density at radius 1 is 1.38 bits per heavy atom. The Morgan fingerprint density at radius 3 is 2.50 bits per heavy atom. The number of nitrogens with one attached hydrogen (secondary N) is 1. The summed E-state index contributed by atoms with van der Waals surface area (Å²) in [4.78, 5) is 33.9. The highest BCUT2D eigenvalue weighted by Crippen LogP contribution is 2.18. The number of rotatable bonds is 5. The van der Waals surface area contributed by atoms with Crippen LogP contribution in [0.3, 0.4) is 0 Å². The molecule has 0 aromatic carbocycles. The summed E-state index contributed by atoms with van der Waals surface area (Å²) in [6.07, 6.45) is 3.65. The van der Waals surface area contributed by atoms with Gasteiger partial charge in [0.2, 0.25) is 11.8 Å². The molecule has 2 amide bonds. The molecular formula is C10H14N2O4. The molecule has 16 heavy (non-hydrogen) atoms. The van der Waals surface area contributed by atoms with Crippen molar-refractivity contribution in [3.05, 3.63) is 12.2 Å². The third-order valence-electron chi connectivity index (χ3n) is 2.07. The van der Waals surface area contributed by atoms with Gasteiger partial charge in [-0.3, -0.25) is 9.59 Å². The van der Waals surface area contributed by atoms with Crippen molar-refractivity contribution in [1.29, 1.82) is 0 Å². The molecule has 0 aromatic rings. The fourth-order valence-electron chi connectivity index (χ4n) is 1.06. The van der Waals surface area contributed by atoms with Crippen LogP contribution in [0, 0.1) is 0 Å². The second kappa shape index (κ2) is 5.29. The number of aliphatic carboxylic acids is 1. The minimum absolute atomic E-state index is 0.0563. The summed E-state index contributed by atoms with van der Waals surface area (Å²) in [7, 11) is 1.45. The Hall–Kier alpha value is -1.85. The summed E-state index contributed by atoms with van der Waals surface area (Å²) in [6.45, 7) is -0.0563. The highest BCUT2D eigenvalue weighted by atomic mass is 16.4. The van der Waals surface area contributed by atoms with Gasteiger partial charge in [-0.15, -0.1) is 0 Å². The lowest BCUT2D eigenvalue weighted by Gasteiger charge is -2.14. The molecule has 1 fully saturated rings. The van der Waals surface area contributed by atoms with Gasteiger partial charge in [-0.2, -0.15) is 0 Å². The standard InChI is InChI=1S/C10H14N2O4/c1-12(9(14)4-5-10(15)16)6-8(13)11-7-2-3-7/h4-5,7H,2-3,6H2,1H3,(H,11,13)(H,15,16)/b5-4+. The lowest BCUT2D eigenvalue weighted by atomic mass is 10.4. The van der Waals surface area contributed by atoms with E-state index >= 15 is 0 Å². The van der Waals surface area contributed by atoms with Crippen molar-refractivity contribution in [3.63, 3.8) is 0 Å². The predicted octanol–water partition coefficient (Wildman–Crippen LogP) is -0.636. The molecule has 0 saturated heterocycles. The first-order valence-electron chi connectivity index (χ1n) is 4.94. The van der Waals surface area contributed by atoms with Gasteiger partial charge in [0.1, 0.15) is 0 Å². The molecule has 0 unspecified atom stereocenters. The first kappa shape index (κ1) is 12.2. The van der Waals surface area contributed by atoms with Crippen molar-refractivity contribution in [2.75, 3.05) is 13.6 Å². The number of carbonyl (C=O) groups excluding carboxylic acids is 2. The van der Waals surface area contributed by atoms with E-state index in [9.17, 15) is 14.4 Å². The molecule has 0 atom stereocenters. The van der Waals surface area contributed by atoms with Gasteiger partial charge in [0.05, 0.1) is 6.54 Å². The van der Waals surface area contributed by atoms with Crippen LogP contribution in [0.1, 0.15) is 12.8 Å². The van der Waals surface area contributed by atoms with Crippen LogP contribution in [0.15, 0.2) is 12.2 Å². The minimum Gasteiger partial charge on any atom is -0.478 e. The van der Waals surface area contributed by atoms with Crippen molar-refractivity contribution in [3.8, 4) is 0 Å². The average Bonchev–Trinajstić information content (AvgIpc) is 2.97. The van der Waals surface area contributed by atoms with Crippen LogP contribution in [0.4, 0.5) is 0 Å². The van der Waals surface area contributed by atoms with Crippen molar-refractivity contribution < 1.29 is 19.5 Å². The van der Waals surface area contributed by atoms with E-state index in [0.29, 0.717) is 0 Å². The van der Waals surface area contributed by atoms with Gasteiger partial charge in [0.15, 0.2) is 0 Å². The zero-order valence-corrected chi connectivity index (χ0v) is 8.97. The Bertz CT molecular complexity index is 334.